The van der Waals surface area contributed by atoms with Crippen LogP contribution in [0.15, 0.2) is 0 Å². The Morgan fingerprint density at radius 2 is 1.60 bits per heavy atom. The van der Waals surface area contributed by atoms with E-state index in [0.717, 1.165) is 0 Å². The summed E-state index contributed by atoms with van der Waals surface area (Å²) in [6.07, 6.45) is 1.23. The zero-order valence-corrected chi connectivity index (χ0v) is 11.1. The van der Waals surface area contributed by atoms with Crippen molar-refractivity contribution in [1.82, 2.24) is 0 Å². The van der Waals surface area contributed by atoms with Gasteiger partial charge in [-0.2, -0.15) is 0 Å². The summed E-state index contributed by atoms with van der Waals surface area (Å²) in [5.74, 6) is 0. The topological polar surface area (TPSA) is 44.8 Å². The first-order valence-corrected chi connectivity index (χ1v) is 7.30. The molecule has 0 radical (unpaired) electrons. The molecular formula is C10H23O4P. The van der Waals surface area contributed by atoms with Gasteiger partial charge in [0, 0.05) is 6.61 Å². The van der Waals surface area contributed by atoms with Gasteiger partial charge in [-0.05, 0) is 34.1 Å². The minimum Gasteiger partial charge on any atom is -0.379 e. The lowest BCUT2D eigenvalue weighted by Gasteiger charge is -2.19. The average molecular weight is 238 g/mol. The Balaban J connectivity index is 4.00. The molecule has 0 aliphatic heterocycles. The van der Waals surface area contributed by atoms with Crippen molar-refractivity contribution in [3.05, 3.63) is 0 Å². The molecule has 0 aliphatic rings. The third-order valence-electron chi connectivity index (χ3n) is 1.91. The van der Waals surface area contributed by atoms with Crippen molar-refractivity contribution in [1.29, 1.82) is 0 Å². The largest absolute Gasteiger partial charge is 0.379 e. The van der Waals surface area contributed by atoms with Crippen molar-refractivity contribution >= 4 is 7.60 Å². The quantitative estimate of drug-likeness (QED) is 0.579. The Hall–Kier alpha value is 0.110. The lowest BCUT2D eigenvalue weighted by atomic mass is 10.3. The third kappa shape index (κ3) is 7.07. The van der Waals surface area contributed by atoms with Crippen LogP contribution < -0.4 is 0 Å². The monoisotopic (exact) mass is 238 g/mol. The highest BCUT2D eigenvalue weighted by molar-refractivity contribution is 7.53. The van der Waals surface area contributed by atoms with Gasteiger partial charge in [-0.15, -0.1) is 0 Å². The normalized spacial score (nSPS) is 14.1. The van der Waals surface area contributed by atoms with E-state index in [1.165, 1.54) is 0 Å². The van der Waals surface area contributed by atoms with Crippen LogP contribution in [0.25, 0.3) is 0 Å². The van der Waals surface area contributed by atoms with Crippen LogP contribution in [0.2, 0.25) is 0 Å². The second-order valence-electron chi connectivity index (χ2n) is 3.22. The summed E-state index contributed by atoms with van der Waals surface area (Å²) in [6, 6.07) is 0. The van der Waals surface area contributed by atoms with E-state index in [0.29, 0.717) is 32.4 Å². The van der Waals surface area contributed by atoms with E-state index in [1.54, 1.807) is 0 Å². The summed E-state index contributed by atoms with van der Waals surface area (Å²) >= 11 is 0. The SMILES string of the molecule is CCOC(C)CCP(=O)(OCC)OCC. The van der Waals surface area contributed by atoms with E-state index in [-0.39, 0.29) is 6.10 Å². The third-order valence-corrected chi connectivity index (χ3v) is 4.02. The Bertz CT molecular complexity index is 186. The van der Waals surface area contributed by atoms with Gasteiger partial charge in [0.2, 0.25) is 0 Å². The molecule has 4 nitrogen and oxygen atoms in total. The van der Waals surface area contributed by atoms with Gasteiger partial charge in [0.05, 0.1) is 25.5 Å². The van der Waals surface area contributed by atoms with E-state index in [1.807, 2.05) is 27.7 Å². The first kappa shape index (κ1) is 15.1. The van der Waals surface area contributed by atoms with Crippen molar-refractivity contribution in [2.24, 2.45) is 0 Å². The summed E-state index contributed by atoms with van der Waals surface area (Å²) in [5.41, 5.74) is 0. The number of hydrogen-bond acceptors (Lipinski definition) is 4. The van der Waals surface area contributed by atoms with Gasteiger partial charge in [0.1, 0.15) is 0 Å². The van der Waals surface area contributed by atoms with Crippen LogP contribution in [-0.2, 0) is 18.3 Å². The predicted molar refractivity (Wildman–Crippen MR) is 61.4 cm³/mol. The van der Waals surface area contributed by atoms with Crippen molar-refractivity contribution in [3.8, 4) is 0 Å². The molecule has 0 N–H and O–H groups in total. The number of hydrogen-bond donors (Lipinski definition) is 0. The Morgan fingerprint density at radius 3 is 2.00 bits per heavy atom. The van der Waals surface area contributed by atoms with Crippen LogP contribution in [0, 0.1) is 0 Å². The lowest BCUT2D eigenvalue weighted by Crippen LogP contribution is -2.11. The molecule has 0 aromatic heterocycles. The van der Waals surface area contributed by atoms with Crippen molar-refractivity contribution in [2.75, 3.05) is 26.0 Å². The molecule has 0 aromatic carbocycles. The van der Waals surface area contributed by atoms with Crippen LogP contribution in [0.1, 0.15) is 34.1 Å². The molecule has 0 amide bonds. The van der Waals surface area contributed by atoms with Gasteiger partial charge in [-0.25, -0.2) is 0 Å². The molecule has 0 saturated heterocycles. The molecule has 92 valence electrons. The fraction of sp³-hybridized carbons (Fsp3) is 1.00. The van der Waals surface area contributed by atoms with Gasteiger partial charge in [-0.3, -0.25) is 4.57 Å². The highest BCUT2D eigenvalue weighted by Crippen LogP contribution is 2.48. The Kier molecular flexibility index (Phi) is 8.34. The van der Waals surface area contributed by atoms with Crippen molar-refractivity contribution in [3.63, 3.8) is 0 Å². The zero-order chi connectivity index (χ0) is 11.7. The molecular weight excluding hydrogens is 215 g/mol. The molecule has 5 heteroatoms. The van der Waals surface area contributed by atoms with Gasteiger partial charge in [0.15, 0.2) is 0 Å². The Morgan fingerprint density at radius 1 is 1.07 bits per heavy atom. The predicted octanol–water partition coefficient (Wildman–Crippen LogP) is 3.07. The molecule has 1 unspecified atom stereocenters. The van der Waals surface area contributed by atoms with Crippen molar-refractivity contribution in [2.45, 2.75) is 40.2 Å². The van der Waals surface area contributed by atoms with Crippen LogP contribution in [-0.4, -0.2) is 32.1 Å². The lowest BCUT2D eigenvalue weighted by molar-refractivity contribution is 0.0726. The minimum atomic E-state index is -2.88. The summed E-state index contributed by atoms with van der Waals surface area (Å²) in [5, 5.41) is 0. The van der Waals surface area contributed by atoms with Gasteiger partial charge in [-0.1, -0.05) is 0 Å². The van der Waals surface area contributed by atoms with E-state index < -0.39 is 7.60 Å². The standard InChI is InChI=1S/C10H23O4P/c1-5-12-10(4)8-9-15(11,13-6-2)14-7-3/h10H,5-9H2,1-4H3. The molecule has 0 saturated carbocycles. The summed E-state index contributed by atoms with van der Waals surface area (Å²) in [6.45, 7) is 9.05. The van der Waals surface area contributed by atoms with Gasteiger partial charge < -0.3 is 13.8 Å². The molecule has 1 atom stereocenters. The van der Waals surface area contributed by atoms with Crippen molar-refractivity contribution < 1.29 is 18.3 Å². The van der Waals surface area contributed by atoms with E-state index in [2.05, 4.69) is 0 Å². The minimum absolute atomic E-state index is 0.101. The summed E-state index contributed by atoms with van der Waals surface area (Å²) in [4.78, 5) is 0. The second kappa shape index (κ2) is 8.28. The fourth-order valence-corrected chi connectivity index (χ4v) is 3.07. The second-order valence-corrected chi connectivity index (χ2v) is 5.41. The van der Waals surface area contributed by atoms with E-state index in [4.69, 9.17) is 13.8 Å². The highest BCUT2D eigenvalue weighted by Gasteiger charge is 2.23. The molecule has 0 aliphatic carbocycles. The smallest absolute Gasteiger partial charge is 0.330 e. The maximum absolute atomic E-state index is 12.0. The summed E-state index contributed by atoms with van der Waals surface area (Å²) < 4.78 is 27.7. The summed E-state index contributed by atoms with van der Waals surface area (Å²) in [7, 11) is -2.88. The molecule has 0 aromatic rings. The maximum atomic E-state index is 12.0. The van der Waals surface area contributed by atoms with Gasteiger partial charge in [0.25, 0.3) is 0 Å². The van der Waals surface area contributed by atoms with Crippen LogP contribution in [0.3, 0.4) is 0 Å². The number of ether oxygens (including phenoxy) is 1. The molecule has 0 bridgehead atoms. The number of rotatable bonds is 9. The molecule has 15 heavy (non-hydrogen) atoms. The molecule has 0 rings (SSSR count). The first-order valence-electron chi connectivity index (χ1n) is 5.57. The van der Waals surface area contributed by atoms with Crippen LogP contribution in [0.4, 0.5) is 0 Å². The molecule has 0 spiro atoms. The van der Waals surface area contributed by atoms with E-state index >= 15 is 0 Å². The molecule has 0 heterocycles. The van der Waals surface area contributed by atoms with Gasteiger partial charge >= 0.3 is 7.60 Å². The average Bonchev–Trinajstić information content (AvgIpc) is 2.16. The van der Waals surface area contributed by atoms with E-state index in [9.17, 15) is 4.57 Å². The fourth-order valence-electron chi connectivity index (χ4n) is 1.27. The zero-order valence-electron chi connectivity index (χ0n) is 10.2. The first-order chi connectivity index (χ1) is 7.08. The highest BCUT2D eigenvalue weighted by atomic mass is 31.2. The van der Waals surface area contributed by atoms with Crippen LogP contribution >= 0.6 is 7.60 Å². The maximum Gasteiger partial charge on any atom is 0.330 e. The Labute approximate surface area is 92.8 Å². The van der Waals surface area contributed by atoms with Crippen LogP contribution in [0.5, 0.6) is 0 Å². The molecule has 0 fully saturated rings.